The highest BCUT2D eigenvalue weighted by molar-refractivity contribution is 6.38. The Morgan fingerprint density at radius 3 is 2.16 bits per heavy atom. The molecule has 9 heteroatoms. The molecule has 0 radical (unpaired) electrons. The Kier molecular flexibility index (Phi) is 11.0. The van der Waals surface area contributed by atoms with Crippen LogP contribution in [0.2, 0.25) is 0 Å². The molecule has 2 unspecified atom stereocenters. The fourth-order valence-corrected chi connectivity index (χ4v) is 2.18. The van der Waals surface area contributed by atoms with Crippen molar-refractivity contribution in [3.8, 4) is 0 Å². The number of amides is 2. The van der Waals surface area contributed by atoms with E-state index in [0.717, 1.165) is 6.42 Å². The lowest BCUT2D eigenvalue weighted by atomic mass is 10.1. The van der Waals surface area contributed by atoms with Gasteiger partial charge in [0.1, 0.15) is 0 Å². The molecule has 0 aromatic rings. The average molecular weight is 357 g/mol. The number of carbonyl (C=O) groups excluding carboxylic acids is 4. The van der Waals surface area contributed by atoms with E-state index in [2.05, 4.69) is 16.0 Å². The van der Waals surface area contributed by atoms with Crippen LogP contribution in [0.1, 0.15) is 46.0 Å². The molecule has 0 aromatic heterocycles. The molecule has 0 bridgehead atoms. The van der Waals surface area contributed by atoms with Gasteiger partial charge in [0.15, 0.2) is 5.78 Å². The first-order valence-corrected chi connectivity index (χ1v) is 8.23. The number of nitrogens with one attached hydrogen (secondary N) is 3. The number of Topliss-reactive ketones (excluding diaryl/α,β-unsaturated/α-hetero) is 2. The maximum Gasteiger partial charge on any atom is 0.303 e. The monoisotopic (exact) mass is 357 g/mol. The second-order valence-electron chi connectivity index (χ2n) is 5.69. The summed E-state index contributed by atoms with van der Waals surface area (Å²) in [5.41, 5.74) is 0. The van der Waals surface area contributed by atoms with Gasteiger partial charge in [0, 0.05) is 6.42 Å². The average Bonchev–Trinajstić information content (AvgIpc) is 2.55. The first kappa shape index (κ1) is 22.7. The van der Waals surface area contributed by atoms with Crippen molar-refractivity contribution < 1.29 is 29.1 Å². The van der Waals surface area contributed by atoms with Crippen LogP contribution in [0.5, 0.6) is 0 Å². The zero-order valence-electron chi connectivity index (χ0n) is 14.9. The third-order valence-corrected chi connectivity index (χ3v) is 3.58. The number of likely N-dealkylation sites (N-methyl/N-ethyl adjacent to an activating group) is 1. The predicted molar refractivity (Wildman–Crippen MR) is 89.9 cm³/mol. The summed E-state index contributed by atoms with van der Waals surface area (Å²) >= 11 is 0. The van der Waals surface area contributed by atoms with Crippen LogP contribution >= 0.6 is 0 Å². The molecule has 0 rings (SSSR count). The van der Waals surface area contributed by atoms with Gasteiger partial charge in [-0.25, -0.2) is 0 Å². The quantitative estimate of drug-likeness (QED) is 0.322. The minimum atomic E-state index is -0.981. The number of ketones is 2. The van der Waals surface area contributed by atoms with Gasteiger partial charge in [-0.05, 0) is 33.2 Å². The summed E-state index contributed by atoms with van der Waals surface area (Å²) in [6, 6.07) is -1.42. The van der Waals surface area contributed by atoms with Crippen LogP contribution in [0.15, 0.2) is 0 Å². The normalized spacial score (nSPS) is 12.8. The van der Waals surface area contributed by atoms with Crippen LogP contribution < -0.4 is 16.0 Å². The summed E-state index contributed by atoms with van der Waals surface area (Å²) < 4.78 is 0. The van der Waals surface area contributed by atoms with Gasteiger partial charge >= 0.3 is 5.97 Å². The van der Waals surface area contributed by atoms with Crippen LogP contribution in [-0.4, -0.2) is 60.1 Å². The van der Waals surface area contributed by atoms with Crippen LogP contribution in [0.4, 0.5) is 0 Å². The Balaban J connectivity index is 4.42. The molecule has 9 nitrogen and oxygen atoms in total. The van der Waals surface area contributed by atoms with Crippen molar-refractivity contribution in [2.75, 3.05) is 13.6 Å². The molecule has 0 spiro atoms. The minimum Gasteiger partial charge on any atom is -0.481 e. The lowest BCUT2D eigenvalue weighted by Gasteiger charge is -2.16. The minimum absolute atomic E-state index is 0.103. The number of carboxylic acids is 1. The highest BCUT2D eigenvalue weighted by Crippen LogP contribution is 2.02. The fraction of sp³-hybridized carbons (Fsp3) is 0.688. The Bertz CT molecular complexity index is 506. The van der Waals surface area contributed by atoms with Gasteiger partial charge in [-0.2, -0.15) is 0 Å². The first-order chi connectivity index (χ1) is 11.7. The highest BCUT2D eigenvalue weighted by atomic mass is 16.4. The van der Waals surface area contributed by atoms with E-state index in [1.807, 2.05) is 6.92 Å². The zero-order chi connectivity index (χ0) is 19.4. The highest BCUT2D eigenvalue weighted by Gasteiger charge is 2.24. The third kappa shape index (κ3) is 9.55. The molecule has 142 valence electrons. The molecule has 0 saturated heterocycles. The fourth-order valence-electron chi connectivity index (χ4n) is 2.18. The molecule has 2 amide bonds. The lowest BCUT2D eigenvalue weighted by Crippen LogP contribution is -2.48. The van der Waals surface area contributed by atoms with Gasteiger partial charge in [0.25, 0.3) is 5.91 Å². The van der Waals surface area contributed by atoms with Crippen molar-refractivity contribution in [1.29, 1.82) is 0 Å². The first-order valence-electron chi connectivity index (χ1n) is 8.23. The largest absolute Gasteiger partial charge is 0.481 e. The van der Waals surface area contributed by atoms with E-state index in [1.54, 1.807) is 7.05 Å². The van der Waals surface area contributed by atoms with Crippen LogP contribution in [0.25, 0.3) is 0 Å². The summed E-state index contributed by atoms with van der Waals surface area (Å²) in [4.78, 5) is 57.5. The van der Waals surface area contributed by atoms with Gasteiger partial charge in [-0.3, -0.25) is 24.0 Å². The van der Waals surface area contributed by atoms with Crippen molar-refractivity contribution in [1.82, 2.24) is 16.0 Å². The maximum absolute atomic E-state index is 11.9. The number of aliphatic carboxylic acids is 1. The van der Waals surface area contributed by atoms with Crippen molar-refractivity contribution in [2.45, 2.75) is 58.0 Å². The maximum atomic E-state index is 11.9. The number of carboxylic acid groups (broad SMARTS) is 1. The summed E-state index contributed by atoms with van der Waals surface area (Å²) in [6.07, 6.45) is 1.56. The third-order valence-electron chi connectivity index (χ3n) is 3.58. The standard InChI is InChI=1S/C16H27N3O6/c1-4-6-12(17-3)15(24)16(25)18-9-13(21)19-11(10(2)20)7-5-8-14(22)23/h11-12,17H,4-9H2,1-3H3,(H,18,25)(H,19,21)(H,22,23). The Hall–Kier alpha value is -2.29. The van der Waals surface area contributed by atoms with Crippen molar-refractivity contribution in [3.05, 3.63) is 0 Å². The lowest BCUT2D eigenvalue weighted by molar-refractivity contribution is -0.139. The van der Waals surface area contributed by atoms with Gasteiger partial charge < -0.3 is 21.1 Å². The van der Waals surface area contributed by atoms with Gasteiger partial charge in [0.05, 0.1) is 18.6 Å². The van der Waals surface area contributed by atoms with E-state index in [-0.39, 0.29) is 25.0 Å². The molecule has 0 aliphatic rings. The number of hydrogen-bond donors (Lipinski definition) is 4. The van der Waals surface area contributed by atoms with E-state index in [1.165, 1.54) is 6.92 Å². The second-order valence-corrected chi connectivity index (χ2v) is 5.69. The van der Waals surface area contributed by atoms with E-state index < -0.39 is 42.2 Å². The smallest absolute Gasteiger partial charge is 0.303 e. The Morgan fingerprint density at radius 1 is 1.04 bits per heavy atom. The molecule has 0 heterocycles. The number of carbonyl (C=O) groups is 5. The summed E-state index contributed by atoms with van der Waals surface area (Å²) in [7, 11) is 1.58. The van der Waals surface area contributed by atoms with Gasteiger partial charge in [0.2, 0.25) is 11.7 Å². The van der Waals surface area contributed by atoms with Gasteiger partial charge in [-0.15, -0.1) is 0 Å². The molecule has 0 aromatic carbocycles. The summed E-state index contributed by atoms with van der Waals surface area (Å²) in [5.74, 6) is -3.42. The molecule has 25 heavy (non-hydrogen) atoms. The van der Waals surface area contributed by atoms with E-state index >= 15 is 0 Å². The van der Waals surface area contributed by atoms with Crippen LogP contribution in [0, 0.1) is 0 Å². The van der Waals surface area contributed by atoms with Crippen LogP contribution in [0.3, 0.4) is 0 Å². The van der Waals surface area contributed by atoms with E-state index in [4.69, 9.17) is 5.11 Å². The topological polar surface area (TPSA) is 142 Å². The second kappa shape index (κ2) is 12.1. The van der Waals surface area contributed by atoms with Crippen molar-refractivity contribution in [2.24, 2.45) is 0 Å². The summed E-state index contributed by atoms with van der Waals surface area (Å²) in [6.45, 7) is 2.74. The molecule has 0 aliphatic heterocycles. The van der Waals surface area contributed by atoms with Crippen LogP contribution in [-0.2, 0) is 24.0 Å². The zero-order valence-corrected chi connectivity index (χ0v) is 14.9. The predicted octanol–water partition coefficient (Wildman–Crippen LogP) is -0.611. The number of hydrogen-bond acceptors (Lipinski definition) is 6. The number of rotatable bonds is 13. The SMILES string of the molecule is CCCC(NC)C(=O)C(=O)NCC(=O)NC(CCCC(=O)O)C(C)=O. The van der Waals surface area contributed by atoms with E-state index in [9.17, 15) is 24.0 Å². The molecule has 0 aliphatic carbocycles. The molecule has 4 N–H and O–H groups in total. The van der Waals surface area contributed by atoms with Gasteiger partial charge in [-0.1, -0.05) is 13.3 Å². The Labute approximate surface area is 146 Å². The molecule has 0 fully saturated rings. The van der Waals surface area contributed by atoms with Crippen molar-refractivity contribution in [3.63, 3.8) is 0 Å². The molecular weight excluding hydrogens is 330 g/mol. The molecule has 0 saturated carbocycles. The molecule has 2 atom stereocenters. The molecular formula is C16H27N3O6. The Morgan fingerprint density at radius 2 is 1.68 bits per heavy atom. The summed E-state index contributed by atoms with van der Waals surface area (Å²) in [5, 5.41) is 16.0. The van der Waals surface area contributed by atoms with E-state index in [0.29, 0.717) is 6.42 Å². The van der Waals surface area contributed by atoms with Crippen molar-refractivity contribution >= 4 is 29.4 Å².